The number of hydrogen-bond donors (Lipinski definition) is 2. The fourth-order valence-electron chi connectivity index (χ4n) is 2.17. The Kier molecular flexibility index (Phi) is 4.22. The summed E-state index contributed by atoms with van der Waals surface area (Å²) in [4.78, 5) is 4.48. The van der Waals surface area contributed by atoms with E-state index in [0.717, 1.165) is 17.7 Å². The zero-order chi connectivity index (χ0) is 15.6. The lowest BCUT2D eigenvalue weighted by Crippen LogP contribution is -2.19. The lowest BCUT2D eigenvalue weighted by Gasteiger charge is -2.14. The predicted molar refractivity (Wildman–Crippen MR) is 75.2 cm³/mol. The third kappa shape index (κ3) is 3.36. The van der Waals surface area contributed by atoms with Crippen LogP contribution in [0, 0.1) is 6.92 Å². The van der Waals surface area contributed by atoms with Gasteiger partial charge in [0.15, 0.2) is 6.61 Å². The van der Waals surface area contributed by atoms with Gasteiger partial charge in [-0.1, -0.05) is 6.92 Å². The highest BCUT2D eigenvalue weighted by molar-refractivity contribution is 5.94. The molecule has 4 nitrogen and oxygen atoms in total. The molecule has 114 valence electrons. The van der Waals surface area contributed by atoms with Crippen LogP contribution in [0.4, 0.5) is 18.9 Å². The number of ether oxygens (including phenoxy) is 1. The molecule has 0 amide bonds. The number of alkyl halides is 3. The van der Waals surface area contributed by atoms with Crippen molar-refractivity contribution in [1.82, 2.24) is 4.98 Å². The number of rotatable bonds is 4. The van der Waals surface area contributed by atoms with Gasteiger partial charge in [-0.3, -0.25) is 10.8 Å². The smallest absolute Gasteiger partial charge is 0.422 e. The number of hydrogen-bond acceptors (Lipinski definition) is 4. The number of nitrogens with one attached hydrogen (secondary N) is 1. The third-order valence-electron chi connectivity index (χ3n) is 3.18. The summed E-state index contributed by atoms with van der Waals surface area (Å²) in [5.41, 5.74) is 5.66. The summed E-state index contributed by atoms with van der Waals surface area (Å²) in [5.74, 6) is 5.66. The van der Waals surface area contributed by atoms with Crippen molar-refractivity contribution in [3.8, 4) is 5.75 Å². The summed E-state index contributed by atoms with van der Waals surface area (Å²) in [7, 11) is 0. The van der Waals surface area contributed by atoms with Crippen LogP contribution in [-0.4, -0.2) is 17.8 Å². The molecule has 0 spiro atoms. The summed E-state index contributed by atoms with van der Waals surface area (Å²) >= 11 is 0. The van der Waals surface area contributed by atoms with Gasteiger partial charge >= 0.3 is 6.18 Å². The summed E-state index contributed by atoms with van der Waals surface area (Å²) in [6.07, 6.45) is -3.63. The van der Waals surface area contributed by atoms with E-state index >= 15 is 0 Å². The maximum absolute atomic E-state index is 12.2. The predicted octanol–water partition coefficient (Wildman–Crippen LogP) is 3.33. The molecule has 0 atom stereocenters. The van der Waals surface area contributed by atoms with Crippen LogP contribution in [0.2, 0.25) is 0 Å². The number of aromatic nitrogens is 1. The Morgan fingerprint density at radius 1 is 1.33 bits per heavy atom. The molecule has 1 aromatic heterocycles. The Bertz CT molecular complexity index is 656. The average molecular weight is 299 g/mol. The molecular weight excluding hydrogens is 283 g/mol. The highest BCUT2D eigenvalue weighted by Gasteiger charge is 2.28. The van der Waals surface area contributed by atoms with Crippen molar-refractivity contribution in [3.63, 3.8) is 0 Å². The molecule has 3 N–H and O–H groups in total. The van der Waals surface area contributed by atoms with Crippen molar-refractivity contribution in [2.24, 2.45) is 5.84 Å². The molecule has 0 aliphatic carbocycles. The summed E-state index contributed by atoms with van der Waals surface area (Å²) in [6.45, 7) is 2.51. The van der Waals surface area contributed by atoms with Gasteiger partial charge in [-0.25, -0.2) is 0 Å². The Morgan fingerprint density at radius 3 is 2.62 bits per heavy atom. The molecule has 1 aromatic carbocycles. The van der Waals surface area contributed by atoms with Crippen LogP contribution in [0.1, 0.15) is 18.2 Å². The summed E-state index contributed by atoms with van der Waals surface area (Å²) in [5, 5.41) is 0.631. The summed E-state index contributed by atoms with van der Waals surface area (Å²) < 4.78 is 41.3. The standard InChI is InChI=1S/C14H16F3N3O/c1-3-11-8(2)13(20-18)10-6-9(4-5-12(10)19-11)21-7-14(15,16)17/h4-6H,3,7,18H2,1-2H3,(H,19,20). The molecule has 2 aromatic rings. The molecule has 0 fully saturated rings. The fraction of sp³-hybridized carbons (Fsp3) is 0.357. The largest absolute Gasteiger partial charge is 0.484 e. The highest BCUT2D eigenvalue weighted by Crippen LogP contribution is 2.31. The number of anilines is 1. The highest BCUT2D eigenvalue weighted by atomic mass is 19.4. The van der Waals surface area contributed by atoms with Crippen LogP contribution in [0.15, 0.2) is 18.2 Å². The first-order valence-corrected chi connectivity index (χ1v) is 6.45. The van der Waals surface area contributed by atoms with Crippen LogP contribution in [0.25, 0.3) is 10.9 Å². The Labute approximate surface area is 120 Å². The molecule has 0 bridgehead atoms. The molecule has 0 radical (unpaired) electrons. The number of fused-ring (bicyclic) bond motifs is 1. The van der Waals surface area contributed by atoms with Gasteiger partial charge in [0.05, 0.1) is 11.2 Å². The number of nitrogen functional groups attached to an aromatic ring is 1. The zero-order valence-corrected chi connectivity index (χ0v) is 11.7. The molecule has 0 saturated heterocycles. The summed E-state index contributed by atoms with van der Waals surface area (Å²) in [6, 6.07) is 4.60. The van der Waals surface area contributed by atoms with Crippen molar-refractivity contribution in [2.45, 2.75) is 26.4 Å². The third-order valence-corrected chi connectivity index (χ3v) is 3.18. The molecule has 0 aliphatic rings. The molecule has 0 saturated carbocycles. The van der Waals surface area contributed by atoms with Crippen LogP contribution < -0.4 is 16.0 Å². The number of aryl methyl sites for hydroxylation is 1. The first-order valence-electron chi connectivity index (χ1n) is 6.45. The Hall–Kier alpha value is -2.02. The Balaban J connectivity index is 2.47. The SMILES string of the molecule is CCc1nc2ccc(OCC(F)(F)F)cc2c(NN)c1C. The molecule has 0 aliphatic heterocycles. The van der Waals surface area contributed by atoms with Gasteiger partial charge in [0.25, 0.3) is 0 Å². The van der Waals surface area contributed by atoms with Crippen molar-refractivity contribution in [2.75, 3.05) is 12.0 Å². The van der Waals surface area contributed by atoms with E-state index in [4.69, 9.17) is 10.6 Å². The van der Waals surface area contributed by atoms with Gasteiger partial charge in [-0.05, 0) is 37.1 Å². The van der Waals surface area contributed by atoms with Crippen molar-refractivity contribution >= 4 is 16.6 Å². The Morgan fingerprint density at radius 2 is 2.05 bits per heavy atom. The monoisotopic (exact) mass is 299 g/mol. The van der Waals surface area contributed by atoms with E-state index in [1.165, 1.54) is 12.1 Å². The molecule has 0 unspecified atom stereocenters. The van der Waals surface area contributed by atoms with E-state index in [2.05, 4.69) is 10.4 Å². The van der Waals surface area contributed by atoms with E-state index in [1.807, 2.05) is 13.8 Å². The van der Waals surface area contributed by atoms with Gasteiger partial charge in [0.2, 0.25) is 0 Å². The van der Waals surface area contributed by atoms with Crippen molar-refractivity contribution in [3.05, 3.63) is 29.5 Å². The molecule has 2 rings (SSSR count). The van der Waals surface area contributed by atoms with Gasteiger partial charge in [-0.2, -0.15) is 13.2 Å². The number of halogens is 3. The number of nitrogens with zero attached hydrogens (tertiary/aromatic N) is 1. The first kappa shape index (κ1) is 15.4. The minimum atomic E-state index is -4.37. The topological polar surface area (TPSA) is 60.2 Å². The van der Waals surface area contributed by atoms with Crippen molar-refractivity contribution in [1.29, 1.82) is 0 Å². The van der Waals surface area contributed by atoms with Gasteiger partial charge in [-0.15, -0.1) is 0 Å². The van der Waals surface area contributed by atoms with Crippen LogP contribution in [-0.2, 0) is 6.42 Å². The van der Waals surface area contributed by atoms with E-state index < -0.39 is 12.8 Å². The van der Waals surface area contributed by atoms with E-state index in [9.17, 15) is 13.2 Å². The van der Waals surface area contributed by atoms with Crippen LogP contribution in [0.5, 0.6) is 5.75 Å². The minimum Gasteiger partial charge on any atom is -0.484 e. The maximum Gasteiger partial charge on any atom is 0.422 e. The fourth-order valence-corrected chi connectivity index (χ4v) is 2.17. The molecule has 21 heavy (non-hydrogen) atoms. The number of pyridine rings is 1. The molecular formula is C14H16F3N3O. The van der Waals surface area contributed by atoms with Gasteiger partial charge in [0.1, 0.15) is 5.75 Å². The van der Waals surface area contributed by atoms with Gasteiger partial charge in [0, 0.05) is 11.1 Å². The number of benzene rings is 1. The minimum absolute atomic E-state index is 0.127. The van der Waals surface area contributed by atoms with Gasteiger partial charge < -0.3 is 10.2 Å². The second-order valence-electron chi connectivity index (χ2n) is 4.64. The van der Waals surface area contributed by atoms with E-state index in [1.54, 1.807) is 6.07 Å². The second kappa shape index (κ2) is 5.77. The number of nitrogens with two attached hydrogens (primary N) is 1. The van der Waals surface area contributed by atoms with Crippen LogP contribution >= 0.6 is 0 Å². The lowest BCUT2D eigenvalue weighted by molar-refractivity contribution is -0.153. The number of hydrazine groups is 1. The molecule has 7 heteroatoms. The lowest BCUT2D eigenvalue weighted by atomic mass is 10.1. The zero-order valence-electron chi connectivity index (χ0n) is 11.7. The second-order valence-corrected chi connectivity index (χ2v) is 4.64. The van der Waals surface area contributed by atoms with Crippen molar-refractivity contribution < 1.29 is 17.9 Å². The van der Waals surface area contributed by atoms with E-state index in [-0.39, 0.29) is 5.75 Å². The molecule has 1 heterocycles. The first-order chi connectivity index (χ1) is 9.85. The maximum atomic E-state index is 12.2. The van der Waals surface area contributed by atoms with E-state index in [0.29, 0.717) is 16.6 Å². The quantitative estimate of drug-likeness (QED) is 0.671. The normalized spacial score (nSPS) is 11.7. The van der Waals surface area contributed by atoms with Crippen LogP contribution in [0.3, 0.4) is 0 Å². The average Bonchev–Trinajstić information content (AvgIpc) is 2.43.